The lowest BCUT2D eigenvalue weighted by Crippen LogP contribution is -2.29. The fourth-order valence-corrected chi connectivity index (χ4v) is 1.59. The van der Waals surface area contributed by atoms with Gasteiger partial charge in [0.15, 0.2) is 11.5 Å². The molecule has 2 unspecified atom stereocenters. The Bertz CT molecular complexity index is 356. The first-order valence-electron chi connectivity index (χ1n) is 5.04. The molecule has 1 N–H and O–H groups in total. The van der Waals surface area contributed by atoms with Crippen LogP contribution in [0.15, 0.2) is 18.2 Å². The van der Waals surface area contributed by atoms with Crippen LogP contribution < -0.4 is 14.8 Å². The summed E-state index contributed by atoms with van der Waals surface area (Å²) in [5.41, 5.74) is 1.06. The summed E-state index contributed by atoms with van der Waals surface area (Å²) in [7, 11) is 7.98. The maximum Gasteiger partial charge on any atom is 0.231 e. The fourth-order valence-electron chi connectivity index (χ4n) is 1.59. The summed E-state index contributed by atoms with van der Waals surface area (Å²) >= 11 is 0. The smallest absolute Gasteiger partial charge is 0.231 e. The molecule has 2 atom stereocenters. The number of likely N-dealkylation sites (N-methyl/N-ethyl adjacent to an activating group) is 1. The minimum Gasteiger partial charge on any atom is -0.454 e. The Morgan fingerprint density at radius 3 is 2.80 bits per heavy atom. The summed E-state index contributed by atoms with van der Waals surface area (Å²) in [5, 5.41) is 3.13. The first kappa shape index (κ1) is 10.4. The predicted molar refractivity (Wildman–Crippen MR) is 59.6 cm³/mol. The van der Waals surface area contributed by atoms with Crippen molar-refractivity contribution >= 4 is 7.85 Å². The molecule has 1 heterocycles. The van der Waals surface area contributed by atoms with Crippen molar-refractivity contribution in [3.63, 3.8) is 0 Å². The van der Waals surface area contributed by atoms with Crippen molar-refractivity contribution in [2.45, 2.75) is 18.8 Å². The predicted octanol–water partition coefficient (Wildman–Crippen LogP) is 1.23. The van der Waals surface area contributed by atoms with Crippen LogP contribution in [0.5, 0.6) is 11.5 Å². The van der Waals surface area contributed by atoms with Gasteiger partial charge in [-0.25, -0.2) is 0 Å². The van der Waals surface area contributed by atoms with Gasteiger partial charge in [-0.1, -0.05) is 6.07 Å². The zero-order chi connectivity index (χ0) is 10.8. The van der Waals surface area contributed by atoms with Crippen LogP contribution in [0.3, 0.4) is 0 Å². The summed E-state index contributed by atoms with van der Waals surface area (Å²) in [4.78, 5) is 0. The van der Waals surface area contributed by atoms with Gasteiger partial charge in [0.1, 0.15) is 0 Å². The monoisotopic (exact) mass is 203 g/mol. The van der Waals surface area contributed by atoms with Gasteiger partial charge < -0.3 is 14.8 Å². The fraction of sp³-hybridized carbons (Fsp3) is 0.455. The van der Waals surface area contributed by atoms with Gasteiger partial charge in [0.2, 0.25) is 6.79 Å². The van der Waals surface area contributed by atoms with Crippen LogP contribution in [0.1, 0.15) is 18.3 Å². The van der Waals surface area contributed by atoms with Crippen LogP contribution in [0, 0.1) is 0 Å². The highest BCUT2D eigenvalue weighted by Gasteiger charge is 2.17. The molecule has 1 aliphatic heterocycles. The maximum absolute atomic E-state index is 6.08. The molecular weight excluding hydrogens is 189 g/mol. The van der Waals surface area contributed by atoms with Crippen LogP contribution in [-0.4, -0.2) is 27.7 Å². The largest absolute Gasteiger partial charge is 0.454 e. The Morgan fingerprint density at radius 1 is 1.33 bits per heavy atom. The lowest BCUT2D eigenvalue weighted by molar-refractivity contribution is 0.174. The molecule has 15 heavy (non-hydrogen) atoms. The highest BCUT2D eigenvalue weighted by Crippen LogP contribution is 2.34. The summed E-state index contributed by atoms with van der Waals surface area (Å²) < 4.78 is 10.5. The normalized spacial score (nSPS) is 17.5. The van der Waals surface area contributed by atoms with Crippen molar-refractivity contribution in [2.24, 2.45) is 0 Å². The number of hydrogen-bond donors (Lipinski definition) is 1. The van der Waals surface area contributed by atoms with E-state index in [1.165, 1.54) is 0 Å². The highest BCUT2D eigenvalue weighted by molar-refractivity contribution is 6.13. The lowest BCUT2D eigenvalue weighted by Gasteiger charge is -2.20. The van der Waals surface area contributed by atoms with Gasteiger partial charge in [-0.3, -0.25) is 0 Å². The molecule has 78 valence electrons. The van der Waals surface area contributed by atoms with E-state index in [9.17, 15) is 0 Å². The molecule has 1 aromatic rings. The van der Waals surface area contributed by atoms with Gasteiger partial charge in [-0.05, 0) is 37.5 Å². The molecule has 0 aromatic heterocycles. The molecule has 0 aliphatic carbocycles. The molecule has 1 aliphatic rings. The first-order valence-corrected chi connectivity index (χ1v) is 5.04. The van der Waals surface area contributed by atoms with E-state index in [1.54, 1.807) is 0 Å². The Labute approximate surface area is 91.2 Å². The minimum atomic E-state index is -0.0375. The number of ether oxygens (including phenoxy) is 2. The van der Waals surface area contributed by atoms with Crippen molar-refractivity contribution in [3.05, 3.63) is 23.8 Å². The van der Waals surface area contributed by atoms with E-state index >= 15 is 0 Å². The first-order chi connectivity index (χ1) is 7.22. The SMILES string of the molecule is [B]C(c1ccc2c(c1)OCO2)C(C)NC. The van der Waals surface area contributed by atoms with E-state index in [0.717, 1.165) is 17.1 Å². The second-order valence-electron chi connectivity index (χ2n) is 3.72. The maximum atomic E-state index is 6.08. The number of rotatable bonds is 3. The van der Waals surface area contributed by atoms with E-state index in [4.69, 9.17) is 17.3 Å². The van der Waals surface area contributed by atoms with Crippen molar-refractivity contribution in [2.75, 3.05) is 13.8 Å². The number of benzene rings is 1. The molecule has 0 fully saturated rings. The average Bonchev–Trinajstić information content (AvgIpc) is 2.73. The second-order valence-corrected chi connectivity index (χ2v) is 3.72. The number of hydrogen-bond acceptors (Lipinski definition) is 3. The number of nitrogens with one attached hydrogen (secondary N) is 1. The Morgan fingerprint density at radius 2 is 2.07 bits per heavy atom. The average molecular weight is 203 g/mol. The molecule has 0 spiro atoms. The summed E-state index contributed by atoms with van der Waals surface area (Å²) in [5.74, 6) is 1.54. The van der Waals surface area contributed by atoms with E-state index in [-0.39, 0.29) is 11.9 Å². The van der Waals surface area contributed by atoms with Crippen molar-refractivity contribution in [3.8, 4) is 11.5 Å². The molecule has 0 saturated heterocycles. The topological polar surface area (TPSA) is 30.5 Å². The van der Waals surface area contributed by atoms with Gasteiger partial charge in [-0.15, -0.1) is 0 Å². The van der Waals surface area contributed by atoms with Crippen molar-refractivity contribution < 1.29 is 9.47 Å². The van der Waals surface area contributed by atoms with Crippen molar-refractivity contribution in [1.82, 2.24) is 5.32 Å². The molecule has 0 bridgehead atoms. The van der Waals surface area contributed by atoms with Gasteiger partial charge in [-0.2, -0.15) is 0 Å². The summed E-state index contributed by atoms with van der Waals surface area (Å²) in [6, 6.07) is 6.05. The molecule has 2 radical (unpaired) electrons. The van der Waals surface area contributed by atoms with E-state index in [1.807, 2.05) is 25.2 Å². The third-order valence-electron chi connectivity index (χ3n) is 2.78. The van der Waals surface area contributed by atoms with Gasteiger partial charge in [0.25, 0.3) is 0 Å². The Hall–Kier alpha value is -1.16. The number of fused-ring (bicyclic) bond motifs is 1. The molecule has 3 nitrogen and oxygen atoms in total. The molecule has 0 amide bonds. The molecule has 4 heteroatoms. The standard InChI is InChI=1S/C11H14BNO2/c1-7(13-2)11(12)8-3-4-9-10(5-8)15-6-14-9/h3-5,7,11,13H,6H2,1-2H3. The molecular formula is C11H14BNO2. The quantitative estimate of drug-likeness (QED) is 0.749. The van der Waals surface area contributed by atoms with Gasteiger partial charge in [0, 0.05) is 6.04 Å². The van der Waals surface area contributed by atoms with Crippen LogP contribution in [-0.2, 0) is 0 Å². The zero-order valence-corrected chi connectivity index (χ0v) is 8.99. The highest BCUT2D eigenvalue weighted by atomic mass is 16.7. The molecule has 0 saturated carbocycles. The van der Waals surface area contributed by atoms with E-state index in [2.05, 4.69) is 12.2 Å². The minimum absolute atomic E-state index is 0.0375. The molecule has 2 rings (SSSR count). The van der Waals surface area contributed by atoms with Gasteiger partial charge in [0.05, 0.1) is 7.85 Å². The Balaban J connectivity index is 2.22. The molecule has 1 aromatic carbocycles. The van der Waals surface area contributed by atoms with Crippen LogP contribution in [0.2, 0.25) is 0 Å². The van der Waals surface area contributed by atoms with Crippen molar-refractivity contribution in [1.29, 1.82) is 0 Å². The van der Waals surface area contributed by atoms with E-state index in [0.29, 0.717) is 6.79 Å². The Kier molecular flexibility index (Phi) is 2.87. The van der Waals surface area contributed by atoms with Crippen LogP contribution in [0.25, 0.3) is 0 Å². The zero-order valence-electron chi connectivity index (χ0n) is 8.99. The third-order valence-corrected chi connectivity index (χ3v) is 2.78. The van der Waals surface area contributed by atoms with Gasteiger partial charge >= 0.3 is 0 Å². The second kappa shape index (κ2) is 4.15. The van der Waals surface area contributed by atoms with Crippen LogP contribution in [0.4, 0.5) is 0 Å². The van der Waals surface area contributed by atoms with E-state index < -0.39 is 0 Å². The third kappa shape index (κ3) is 1.95. The summed E-state index contributed by atoms with van der Waals surface area (Å²) in [6.45, 7) is 2.35. The lowest BCUT2D eigenvalue weighted by atomic mass is 9.76. The summed E-state index contributed by atoms with van der Waals surface area (Å²) in [6.07, 6.45) is 0. The van der Waals surface area contributed by atoms with Crippen LogP contribution >= 0.6 is 0 Å².